The zero-order valence-corrected chi connectivity index (χ0v) is 9.76. The van der Waals surface area contributed by atoms with Gasteiger partial charge in [0.05, 0.1) is 6.61 Å². The highest BCUT2D eigenvalue weighted by molar-refractivity contribution is 5.77. The third-order valence-corrected chi connectivity index (χ3v) is 2.97. The fourth-order valence-electron chi connectivity index (χ4n) is 1.93. The van der Waals surface area contributed by atoms with E-state index in [1.165, 1.54) is 13.3 Å². The molecular formula is C10H16N2O6. The van der Waals surface area contributed by atoms with Gasteiger partial charge in [0.15, 0.2) is 12.5 Å². The molecule has 4 N–H and O–H groups in total. The maximum absolute atomic E-state index is 11.7. The summed E-state index contributed by atoms with van der Waals surface area (Å²) in [5.41, 5.74) is 0. The Morgan fingerprint density at radius 1 is 1.50 bits per heavy atom. The SMILES string of the molecule is COC1C=CN([C@@H]2O[C@H](CO)[C@@H](O)[C@H]2O)C(=O)N1. The lowest BCUT2D eigenvalue weighted by Gasteiger charge is -2.31. The number of hydrogen-bond acceptors (Lipinski definition) is 6. The smallest absolute Gasteiger partial charge is 0.325 e. The molecule has 2 heterocycles. The normalized spacial score (nSPS) is 40.1. The Morgan fingerprint density at radius 2 is 2.22 bits per heavy atom. The van der Waals surface area contributed by atoms with Crippen molar-refractivity contribution in [1.82, 2.24) is 10.2 Å². The molecule has 0 radical (unpaired) electrons. The average molecular weight is 260 g/mol. The highest BCUT2D eigenvalue weighted by Gasteiger charge is 2.46. The first-order chi connectivity index (χ1) is 8.58. The molecule has 1 unspecified atom stereocenters. The summed E-state index contributed by atoms with van der Waals surface area (Å²) in [6, 6.07) is -0.515. The summed E-state index contributed by atoms with van der Waals surface area (Å²) in [5.74, 6) is 0. The number of aliphatic hydroxyl groups is 3. The summed E-state index contributed by atoms with van der Waals surface area (Å²) < 4.78 is 10.2. The minimum atomic E-state index is -1.28. The fraction of sp³-hybridized carbons (Fsp3) is 0.700. The van der Waals surface area contributed by atoms with Gasteiger partial charge in [0.1, 0.15) is 18.3 Å². The third-order valence-electron chi connectivity index (χ3n) is 2.97. The second-order valence-electron chi connectivity index (χ2n) is 4.08. The number of carbonyl (C=O) groups excluding carboxylic acids is 1. The number of urea groups is 1. The van der Waals surface area contributed by atoms with Crippen LogP contribution in [0.25, 0.3) is 0 Å². The second kappa shape index (κ2) is 5.21. The van der Waals surface area contributed by atoms with Crippen LogP contribution < -0.4 is 5.32 Å². The minimum absolute atomic E-state index is 0.436. The highest BCUT2D eigenvalue weighted by Crippen LogP contribution is 2.25. The zero-order chi connectivity index (χ0) is 13.3. The van der Waals surface area contributed by atoms with E-state index >= 15 is 0 Å². The first-order valence-corrected chi connectivity index (χ1v) is 5.51. The van der Waals surface area contributed by atoms with Crippen molar-refractivity contribution < 1.29 is 29.6 Å². The first kappa shape index (κ1) is 13.2. The predicted octanol–water partition coefficient (Wildman–Crippen LogP) is -2.06. The molecule has 0 saturated carbocycles. The number of methoxy groups -OCH3 is 1. The van der Waals surface area contributed by atoms with Gasteiger partial charge in [-0.05, 0) is 6.08 Å². The van der Waals surface area contributed by atoms with Crippen molar-refractivity contribution >= 4 is 6.03 Å². The van der Waals surface area contributed by atoms with Crippen LogP contribution in [0.3, 0.4) is 0 Å². The van der Waals surface area contributed by atoms with E-state index in [2.05, 4.69) is 5.32 Å². The Balaban J connectivity index is 2.11. The van der Waals surface area contributed by atoms with Crippen molar-refractivity contribution in [2.75, 3.05) is 13.7 Å². The molecule has 2 aliphatic heterocycles. The molecule has 0 aromatic heterocycles. The van der Waals surface area contributed by atoms with Gasteiger partial charge in [0.2, 0.25) is 0 Å². The maximum Gasteiger partial charge on any atom is 0.325 e. The monoisotopic (exact) mass is 260 g/mol. The molecule has 5 atom stereocenters. The zero-order valence-electron chi connectivity index (χ0n) is 9.76. The molecule has 0 aromatic carbocycles. The molecule has 0 spiro atoms. The lowest BCUT2D eigenvalue weighted by molar-refractivity contribution is -0.0684. The van der Waals surface area contributed by atoms with E-state index in [-0.39, 0.29) is 0 Å². The molecule has 2 amide bonds. The molecule has 18 heavy (non-hydrogen) atoms. The Morgan fingerprint density at radius 3 is 2.72 bits per heavy atom. The van der Waals surface area contributed by atoms with Crippen molar-refractivity contribution in [3.63, 3.8) is 0 Å². The maximum atomic E-state index is 11.7. The number of amides is 2. The number of aliphatic hydroxyl groups excluding tert-OH is 3. The summed E-state index contributed by atoms with van der Waals surface area (Å²) in [6.45, 7) is -0.436. The fourth-order valence-corrected chi connectivity index (χ4v) is 1.93. The number of nitrogens with zero attached hydrogens (tertiary/aromatic N) is 1. The standard InChI is InChI=1S/C10H16N2O6/c1-17-6-2-3-12(10(16)11-6)9-8(15)7(14)5(4-13)18-9/h2-3,5-9,13-15H,4H2,1H3,(H,11,16)/t5-,6?,7-,8-,9-/m1/s1. The lowest BCUT2D eigenvalue weighted by Crippen LogP contribution is -2.53. The Kier molecular flexibility index (Phi) is 3.83. The van der Waals surface area contributed by atoms with E-state index in [4.69, 9.17) is 14.6 Å². The van der Waals surface area contributed by atoms with Crippen LogP contribution in [0.2, 0.25) is 0 Å². The molecule has 8 nitrogen and oxygen atoms in total. The van der Waals surface area contributed by atoms with Gasteiger partial charge in [-0.25, -0.2) is 4.79 Å². The number of ether oxygens (including phenoxy) is 2. The van der Waals surface area contributed by atoms with Crippen LogP contribution in [0.4, 0.5) is 4.79 Å². The molecular weight excluding hydrogens is 244 g/mol. The second-order valence-corrected chi connectivity index (χ2v) is 4.08. The van der Waals surface area contributed by atoms with Crippen molar-refractivity contribution in [2.24, 2.45) is 0 Å². The van der Waals surface area contributed by atoms with E-state index in [9.17, 15) is 15.0 Å². The van der Waals surface area contributed by atoms with E-state index in [0.29, 0.717) is 0 Å². The van der Waals surface area contributed by atoms with Gasteiger partial charge in [-0.15, -0.1) is 0 Å². The molecule has 8 heteroatoms. The molecule has 102 valence electrons. The van der Waals surface area contributed by atoms with E-state index in [1.54, 1.807) is 6.08 Å². The van der Waals surface area contributed by atoms with Crippen molar-refractivity contribution in [3.05, 3.63) is 12.3 Å². The van der Waals surface area contributed by atoms with Gasteiger partial charge in [0.25, 0.3) is 0 Å². The summed E-state index contributed by atoms with van der Waals surface area (Å²) in [4.78, 5) is 12.9. The van der Waals surface area contributed by atoms with Crippen LogP contribution >= 0.6 is 0 Å². The first-order valence-electron chi connectivity index (χ1n) is 5.51. The minimum Gasteiger partial charge on any atom is -0.394 e. The van der Waals surface area contributed by atoms with Crippen molar-refractivity contribution in [1.29, 1.82) is 0 Å². The van der Waals surface area contributed by atoms with Crippen molar-refractivity contribution in [3.8, 4) is 0 Å². The van der Waals surface area contributed by atoms with Crippen molar-refractivity contribution in [2.45, 2.75) is 30.8 Å². The van der Waals surface area contributed by atoms with E-state index in [1.807, 2.05) is 0 Å². The highest BCUT2D eigenvalue weighted by atomic mass is 16.6. The average Bonchev–Trinajstić information content (AvgIpc) is 2.66. The van der Waals surface area contributed by atoms with Crippen LogP contribution in [-0.4, -0.2) is 70.7 Å². The Bertz CT molecular complexity index is 349. The number of carbonyl (C=O) groups is 1. The number of nitrogens with one attached hydrogen (secondary N) is 1. The Labute approximate surface area is 103 Å². The molecule has 2 aliphatic rings. The lowest BCUT2D eigenvalue weighted by atomic mass is 10.1. The number of rotatable bonds is 3. The van der Waals surface area contributed by atoms with Gasteiger partial charge in [-0.2, -0.15) is 0 Å². The van der Waals surface area contributed by atoms with E-state index < -0.39 is 43.4 Å². The molecule has 2 rings (SSSR count). The summed E-state index contributed by atoms with van der Waals surface area (Å²) in [7, 11) is 1.44. The number of hydrogen-bond donors (Lipinski definition) is 4. The predicted molar refractivity (Wildman–Crippen MR) is 58.1 cm³/mol. The van der Waals surface area contributed by atoms with Gasteiger partial charge >= 0.3 is 6.03 Å². The molecule has 0 aromatic rings. The molecule has 0 bridgehead atoms. The van der Waals surface area contributed by atoms with Gasteiger partial charge in [-0.1, -0.05) is 0 Å². The Hall–Kier alpha value is -1.19. The van der Waals surface area contributed by atoms with E-state index in [0.717, 1.165) is 4.90 Å². The largest absolute Gasteiger partial charge is 0.394 e. The van der Waals surface area contributed by atoms with Gasteiger partial charge in [0, 0.05) is 13.3 Å². The van der Waals surface area contributed by atoms with Crippen LogP contribution in [0.5, 0.6) is 0 Å². The molecule has 1 fully saturated rings. The summed E-state index contributed by atoms with van der Waals surface area (Å²) in [5, 5.41) is 30.8. The third kappa shape index (κ3) is 2.20. The van der Waals surface area contributed by atoms with Crippen LogP contribution in [0.15, 0.2) is 12.3 Å². The van der Waals surface area contributed by atoms with Crippen LogP contribution in [-0.2, 0) is 9.47 Å². The van der Waals surface area contributed by atoms with Gasteiger partial charge in [-0.3, -0.25) is 4.90 Å². The summed E-state index contributed by atoms with van der Waals surface area (Å²) >= 11 is 0. The topological polar surface area (TPSA) is 111 Å². The van der Waals surface area contributed by atoms with Gasteiger partial charge < -0.3 is 30.1 Å². The van der Waals surface area contributed by atoms with Crippen LogP contribution in [0.1, 0.15) is 0 Å². The van der Waals surface area contributed by atoms with Crippen LogP contribution in [0, 0.1) is 0 Å². The molecule has 0 aliphatic carbocycles. The summed E-state index contributed by atoms with van der Waals surface area (Å²) in [6.07, 6.45) is -2.02. The molecule has 1 saturated heterocycles. The quantitative estimate of drug-likeness (QED) is 0.464.